The Bertz CT molecular complexity index is 1020. The summed E-state index contributed by atoms with van der Waals surface area (Å²) in [6, 6.07) is 12.5. The number of benzene rings is 1. The first-order valence-corrected chi connectivity index (χ1v) is 11.4. The molecule has 0 radical (unpaired) electrons. The SMILES string of the molecule is CN=C(NCc1coc(-c2cccs2)n1)NC1CC2(CCCC2)Oc2ccccc21. The van der Waals surface area contributed by atoms with Gasteiger partial charge in [-0.3, -0.25) is 4.99 Å². The number of para-hydroxylation sites is 1. The van der Waals surface area contributed by atoms with Gasteiger partial charge in [-0.25, -0.2) is 4.98 Å². The maximum Gasteiger partial charge on any atom is 0.236 e. The van der Waals surface area contributed by atoms with E-state index < -0.39 is 0 Å². The highest BCUT2D eigenvalue weighted by atomic mass is 32.1. The van der Waals surface area contributed by atoms with Crippen molar-refractivity contribution >= 4 is 17.3 Å². The number of oxazole rings is 1. The molecule has 5 rings (SSSR count). The third-order valence-electron chi connectivity index (χ3n) is 5.97. The van der Waals surface area contributed by atoms with E-state index in [0.717, 1.165) is 41.5 Å². The highest BCUT2D eigenvalue weighted by Crippen LogP contribution is 2.46. The number of hydrogen-bond donors (Lipinski definition) is 2. The third-order valence-corrected chi connectivity index (χ3v) is 6.82. The summed E-state index contributed by atoms with van der Waals surface area (Å²) >= 11 is 1.62. The lowest BCUT2D eigenvalue weighted by atomic mass is 9.86. The molecule has 7 heteroatoms. The number of ether oxygens (including phenoxy) is 1. The van der Waals surface area contributed by atoms with Crippen LogP contribution < -0.4 is 15.4 Å². The van der Waals surface area contributed by atoms with Crippen molar-refractivity contribution in [2.24, 2.45) is 4.99 Å². The van der Waals surface area contributed by atoms with Crippen LogP contribution in [0.3, 0.4) is 0 Å². The molecule has 1 spiro atoms. The average Bonchev–Trinajstić information content (AvgIpc) is 3.53. The van der Waals surface area contributed by atoms with Gasteiger partial charge in [0.25, 0.3) is 0 Å². The average molecular weight is 423 g/mol. The lowest BCUT2D eigenvalue weighted by molar-refractivity contribution is 0.0396. The maximum absolute atomic E-state index is 6.47. The van der Waals surface area contributed by atoms with E-state index in [1.165, 1.54) is 18.4 Å². The molecule has 6 nitrogen and oxygen atoms in total. The van der Waals surface area contributed by atoms with Crippen LogP contribution in [-0.2, 0) is 6.54 Å². The molecule has 1 unspecified atom stereocenters. The second-order valence-electron chi connectivity index (χ2n) is 7.98. The molecule has 0 amide bonds. The quantitative estimate of drug-likeness (QED) is 0.462. The summed E-state index contributed by atoms with van der Waals surface area (Å²) in [7, 11) is 1.80. The number of nitrogens with one attached hydrogen (secondary N) is 2. The fourth-order valence-electron chi connectivity index (χ4n) is 4.51. The molecule has 3 heterocycles. The molecule has 2 aromatic heterocycles. The van der Waals surface area contributed by atoms with Crippen molar-refractivity contribution in [2.45, 2.75) is 50.3 Å². The molecule has 2 N–H and O–H groups in total. The van der Waals surface area contributed by atoms with Crippen molar-refractivity contribution in [2.75, 3.05) is 7.05 Å². The van der Waals surface area contributed by atoms with Crippen molar-refractivity contribution in [3.63, 3.8) is 0 Å². The van der Waals surface area contributed by atoms with Crippen LogP contribution in [0.15, 0.2) is 57.5 Å². The van der Waals surface area contributed by atoms with Gasteiger partial charge in [-0.05, 0) is 43.2 Å². The van der Waals surface area contributed by atoms with Crippen molar-refractivity contribution < 1.29 is 9.15 Å². The number of fused-ring (bicyclic) bond motifs is 1. The van der Waals surface area contributed by atoms with Crippen molar-refractivity contribution in [3.05, 3.63) is 59.3 Å². The molecule has 0 saturated heterocycles. The van der Waals surface area contributed by atoms with Gasteiger partial charge in [0.05, 0.1) is 23.2 Å². The Hall–Kier alpha value is -2.80. The van der Waals surface area contributed by atoms with Gasteiger partial charge in [-0.15, -0.1) is 11.3 Å². The standard InChI is InChI=1S/C23H26N4O2S/c1-24-22(25-14-16-15-28-21(26-16)20-9-6-12-30-20)27-18-13-23(10-4-5-11-23)29-19-8-3-2-7-17(18)19/h2-3,6-9,12,15,18H,4-5,10-11,13-14H2,1H3,(H2,24,25,27). The number of hydrogen-bond acceptors (Lipinski definition) is 5. The van der Waals surface area contributed by atoms with Crippen molar-refractivity contribution in [1.29, 1.82) is 0 Å². The highest BCUT2D eigenvalue weighted by molar-refractivity contribution is 7.13. The smallest absolute Gasteiger partial charge is 0.236 e. The van der Waals surface area contributed by atoms with E-state index in [-0.39, 0.29) is 11.6 Å². The van der Waals surface area contributed by atoms with Crippen LogP contribution in [-0.4, -0.2) is 23.6 Å². The Kier molecular flexibility index (Phi) is 5.21. The zero-order chi connectivity index (χ0) is 20.4. The molecule has 1 aliphatic carbocycles. The van der Waals surface area contributed by atoms with Crippen LogP contribution >= 0.6 is 11.3 Å². The van der Waals surface area contributed by atoms with Gasteiger partial charge < -0.3 is 19.8 Å². The third kappa shape index (κ3) is 3.81. The Morgan fingerprint density at radius 3 is 2.90 bits per heavy atom. The minimum Gasteiger partial charge on any atom is -0.487 e. The number of rotatable bonds is 4. The molecule has 1 fully saturated rings. The van der Waals surface area contributed by atoms with Crippen LogP contribution in [0.25, 0.3) is 10.8 Å². The second-order valence-corrected chi connectivity index (χ2v) is 8.93. The molecule has 0 bridgehead atoms. The first-order valence-electron chi connectivity index (χ1n) is 10.5. The zero-order valence-corrected chi connectivity index (χ0v) is 17.9. The Morgan fingerprint density at radius 2 is 2.10 bits per heavy atom. The van der Waals surface area contributed by atoms with Crippen LogP contribution in [0.1, 0.15) is 49.4 Å². The Morgan fingerprint density at radius 1 is 1.23 bits per heavy atom. The number of nitrogens with zero attached hydrogens (tertiary/aromatic N) is 2. The summed E-state index contributed by atoms with van der Waals surface area (Å²) < 4.78 is 12.1. The van der Waals surface area contributed by atoms with Gasteiger partial charge in [0, 0.05) is 19.0 Å². The first kappa shape index (κ1) is 19.2. The monoisotopic (exact) mass is 422 g/mol. The van der Waals surface area contributed by atoms with Gasteiger partial charge in [0.15, 0.2) is 5.96 Å². The lowest BCUT2D eigenvalue weighted by Crippen LogP contribution is -2.46. The predicted octanol–water partition coefficient (Wildman–Crippen LogP) is 4.90. The molecular weight excluding hydrogens is 396 g/mol. The van der Waals surface area contributed by atoms with E-state index in [1.54, 1.807) is 24.6 Å². The molecule has 1 aromatic carbocycles. The fourth-order valence-corrected chi connectivity index (χ4v) is 5.16. The van der Waals surface area contributed by atoms with E-state index in [4.69, 9.17) is 9.15 Å². The summed E-state index contributed by atoms with van der Waals surface area (Å²) in [6.07, 6.45) is 7.37. The molecule has 1 aliphatic heterocycles. The number of thiophene rings is 1. The van der Waals surface area contributed by atoms with Crippen molar-refractivity contribution in [1.82, 2.24) is 15.6 Å². The maximum atomic E-state index is 6.47. The fraction of sp³-hybridized carbons (Fsp3) is 0.391. The summed E-state index contributed by atoms with van der Waals surface area (Å²) in [6.45, 7) is 0.546. The molecule has 156 valence electrons. The first-order chi connectivity index (χ1) is 14.7. The van der Waals surface area contributed by atoms with Crippen LogP contribution in [0.5, 0.6) is 5.75 Å². The van der Waals surface area contributed by atoms with E-state index in [1.807, 2.05) is 23.6 Å². The molecule has 1 saturated carbocycles. The van der Waals surface area contributed by atoms with E-state index in [9.17, 15) is 0 Å². The summed E-state index contributed by atoms with van der Waals surface area (Å²) in [5.74, 6) is 2.41. The van der Waals surface area contributed by atoms with Crippen molar-refractivity contribution in [3.8, 4) is 16.5 Å². The minimum atomic E-state index is -0.0490. The second kappa shape index (κ2) is 8.14. The van der Waals surface area contributed by atoms with Gasteiger partial charge in [-0.1, -0.05) is 24.3 Å². The largest absolute Gasteiger partial charge is 0.487 e. The molecule has 2 aliphatic rings. The molecule has 1 atom stereocenters. The zero-order valence-electron chi connectivity index (χ0n) is 17.1. The Labute approximate surface area is 180 Å². The molecule has 3 aromatic rings. The number of aromatic nitrogens is 1. The topological polar surface area (TPSA) is 71.7 Å². The normalized spacial score (nSPS) is 20.0. The minimum absolute atomic E-state index is 0.0490. The molecular formula is C23H26N4O2S. The van der Waals surface area contributed by atoms with Crippen LogP contribution in [0.2, 0.25) is 0 Å². The van der Waals surface area contributed by atoms with Gasteiger partial charge >= 0.3 is 0 Å². The van der Waals surface area contributed by atoms with E-state index in [2.05, 4.69) is 38.8 Å². The summed E-state index contributed by atoms with van der Waals surface area (Å²) in [5, 5.41) is 9.02. The van der Waals surface area contributed by atoms with Gasteiger partial charge in [0.2, 0.25) is 5.89 Å². The number of aliphatic imine (C=N–C) groups is 1. The van der Waals surface area contributed by atoms with Crippen LogP contribution in [0, 0.1) is 0 Å². The molecule has 30 heavy (non-hydrogen) atoms. The number of guanidine groups is 1. The summed E-state index contributed by atoms with van der Waals surface area (Å²) in [4.78, 5) is 10.0. The summed E-state index contributed by atoms with van der Waals surface area (Å²) in [5.41, 5.74) is 1.99. The lowest BCUT2D eigenvalue weighted by Gasteiger charge is -2.40. The Balaban J connectivity index is 1.28. The highest BCUT2D eigenvalue weighted by Gasteiger charge is 2.43. The predicted molar refractivity (Wildman–Crippen MR) is 119 cm³/mol. The van der Waals surface area contributed by atoms with Crippen LogP contribution in [0.4, 0.5) is 0 Å². The van der Waals surface area contributed by atoms with Gasteiger partial charge in [-0.2, -0.15) is 0 Å². The van der Waals surface area contributed by atoms with Gasteiger partial charge in [0.1, 0.15) is 17.6 Å². The van der Waals surface area contributed by atoms with E-state index >= 15 is 0 Å². The van der Waals surface area contributed by atoms with E-state index in [0.29, 0.717) is 12.4 Å².